The van der Waals surface area contributed by atoms with E-state index in [1.165, 1.54) is 43.7 Å². The van der Waals surface area contributed by atoms with Crippen LogP contribution < -0.4 is 5.32 Å². The molecule has 0 atom stereocenters. The number of benzene rings is 2. The molecule has 1 N–H and O–H groups in total. The van der Waals surface area contributed by atoms with Crippen LogP contribution in [0.25, 0.3) is 28.3 Å². The first-order valence-electron chi connectivity index (χ1n) is 12.4. The van der Waals surface area contributed by atoms with E-state index in [0.717, 1.165) is 42.3 Å². The van der Waals surface area contributed by atoms with E-state index in [1.54, 1.807) is 29.0 Å². The molecule has 0 radical (unpaired) electrons. The number of anilines is 1. The minimum Gasteiger partial charge on any atom is -0.359 e. The summed E-state index contributed by atoms with van der Waals surface area (Å²) in [5.74, 6) is 0.920. The molecule has 2 aromatic heterocycles. The van der Waals surface area contributed by atoms with Gasteiger partial charge >= 0.3 is 0 Å². The fourth-order valence-electron chi connectivity index (χ4n) is 4.50. The van der Waals surface area contributed by atoms with Gasteiger partial charge in [-0.3, -0.25) is 0 Å². The number of hydrogen-bond acceptors (Lipinski definition) is 5. The lowest BCUT2D eigenvalue weighted by Crippen LogP contribution is -2.22. The summed E-state index contributed by atoms with van der Waals surface area (Å²) in [6, 6.07) is 13.4. The fourth-order valence-corrected chi connectivity index (χ4v) is 4.50. The third-order valence-corrected chi connectivity index (χ3v) is 6.53. The Morgan fingerprint density at radius 3 is 2.63 bits per heavy atom. The minimum absolute atomic E-state index is 0.343. The highest BCUT2D eigenvalue weighted by Gasteiger charge is 2.16. The number of rotatable bonds is 9. The highest BCUT2D eigenvalue weighted by molar-refractivity contribution is 5.68. The van der Waals surface area contributed by atoms with Crippen LogP contribution in [0.2, 0.25) is 0 Å². The maximum Gasteiger partial charge on any atom is 0.251 e. The first kappa shape index (κ1) is 23.0. The van der Waals surface area contributed by atoms with Gasteiger partial charge < -0.3 is 10.2 Å². The van der Waals surface area contributed by atoms with Gasteiger partial charge in [0.05, 0.1) is 23.9 Å². The van der Waals surface area contributed by atoms with Gasteiger partial charge in [0.15, 0.2) is 0 Å². The van der Waals surface area contributed by atoms with E-state index in [1.807, 2.05) is 0 Å². The van der Waals surface area contributed by atoms with E-state index in [4.69, 9.17) is 0 Å². The lowest BCUT2D eigenvalue weighted by atomic mass is 10.0. The summed E-state index contributed by atoms with van der Waals surface area (Å²) >= 11 is 0. The molecule has 1 fully saturated rings. The van der Waals surface area contributed by atoms with Crippen molar-refractivity contribution < 1.29 is 4.39 Å². The number of fused-ring (bicyclic) bond motifs is 1. The molecule has 7 heteroatoms. The molecular weight excluding hydrogens is 439 g/mol. The van der Waals surface area contributed by atoms with Crippen LogP contribution in [0, 0.1) is 5.82 Å². The third kappa shape index (κ3) is 5.19. The van der Waals surface area contributed by atoms with Crippen molar-refractivity contribution in [1.29, 1.82) is 0 Å². The van der Waals surface area contributed by atoms with Gasteiger partial charge in [0.2, 0.25) is 0 Å². The number of unbranched alkanes of at least 4 members (excludes halogenated alkanes) is 2. The Morgan fingerprint density at radius 2 is 1.86 bits per heavy atom. The van der Waals surface area contributed by atoms with Crippen LogP contribution in [0.1, 0.15) is 44.6 Å². The number of imidazole rings is 1. The van der Waals surface area contributed by atoms with Crippen molar-refractivity contribution >= 4 is 11.5 Å². The minimum atomic E-state index is -0.343. The molecule has 4 aromatic rings. The molecule has 35 heavy (non-hydrogen) atoms. The van der Waals surface area contributed by atoms with Crippen molar-refractivity contribution in [1.82, 2.24) is 24.5 Å². The Bertz CT molecular complexity index is 1320. The van der Waals surface area contributed by atoms with Gasteiger partial charge in [0.1, 0.15) is 11.5 Å². The molecule has 1 saturated heterocycles. The zero-order valence-electron chi connectivity index (χ0n) is 20.2. The number of aromatic nitrogens is 4. The van der Waals surface area contributed by atoms with Crippen molar-refractivity contribution in [2.24, 2.45) is 0 Å². The predicted molar refractivity (Wildman–Crippen MR) is 138 cm³/mol. The average molecular weight is 471 g/mol. The van der Waals surface area contributed by atoms with Crippen LogP contribution in [0.3, 0.4) is 0 Å². The summed E-state index contributed by atoms with van der Waals surface area (Å²) in [6.07, 6.45) is 10.5. The van der Waals surface area contributed by atoms with Crippen LogP contribution in [0.5, 0.6) is 0 Å². The quantitative estimate of drug-likeness (QED) is 0.291. The Hall–Kier alpha value is -3.74. The van der Waals surface area contributed by atoms with E-state index in [-0.39, 0.29) is 5.82 Å². The van der Waals surface area contributed by atoms with Gasteiger partial charge in [0.25, 0.3) is 5.78 Å². The smallest absolute Gasteiger partial charge is 0.251 e. The summed E-state index contributed by atoms with van der Waals surface area (Å²) in [4.78, 5) is 11.2. The molecule has 0 bridgehead atoms. The fraction of sp³-hybridized carbons (Fsp3) is 0.321. The topological polar surface area (TPSA) is 58.4 Å². The van der Waals surface area contributed by atoms with E-state index in [0.29, 0.717) is 17.0 Å². The zero-order valence-corrected chi connectivity index (χ0v) is 20.2. The van der Waals surface area contributed by atoms with Crippen molar-refractivity contribution in [2.75, 3.05) is 18.4 Å². The molecule has 2 aromatic carbocycles. The Kier molecular flexibility index (Phi) is 6.75. The number of hydrogen-bond donors (Lipinski definition) is 1. The van der Waals surface area contributed by atoms with Gasteiger partial charge in [-0.2, -0.15) is 5.10 Å². The number of aryl methyl sites for hydroxylation is 1. The summed E-state index contributed by atoms with van der Waals surface area (Å²) < 4.78 is 16.4. The molecule has 0 unspecified atom stereocenters. The number of likely N-dealkylation sites (tertiary alicyclic amines) is 1. The van der Waals surface area contributed by atoms with Gasteiger partial charge in [-0.25, -0.2) is 18.9 Å². The van der Waals surface area contributed by atoms with E-state index in [2.05, 4.69) is 63.1 Å². The Balaban J connectivity index is 1.37. The maximum atomic E-state index is 14.8. The Morgan fingerprint density at radius 1 is 1.06 bits per heavy atom. The molecule has 3 heterocycles. The lowest BCUT2D eigenvalue weighted by Gasteiger charge is -2.21. The van der Waals surface area contributed by atoms with Gasteiger partial charge in [-0.05, 0) is 49.4 Å². The second-order valence-corrected chi connectivity index (χ2v) is 9.13. The van der Waals surface area contributed by atoms with Crippen molar-refractivity contribution in [3.63, 3.8) is 0 Å². The summed E-state index contributed by atoms with van der Waals surface area (Å²) in [7, 11) is 0. The second-order valence-electron chi connectivity index (χ2n) is 9.13. The van der Waals surface area contributed by atoms with E-state index >= 15 is 0 Å². The standard InChI is InChI=1S/C28H31FN6/c1-3-4-5-8-21-9-11-22(12-10-21)26-18-30-28-32-27(19-35(28)33-26)24-17-23(13-14-25(24)29)31-20(2)34-15-6-7-16-34/h9-14,17-19,31H,2-8,15-16H2,1H3. The highest BCUT2D eigenvalue weighted by Crippen LogP contribution is 2.27. The molecule has 1 aliphatic rings. The SMILES string of the molecule is C=C(Nc1ccc(F)c(-c2cn3nc(-c4ccc(CCCCC)cc4)cnc3n2)c1)N1CCCC1. The van der Waals surface area contributed by atoms with E-state index in [9.17, 15) is 4.39 Å². The van der Waals surface area contributed by atoms with Crippen molar-refractivity contribution in [2.45, 2.75) is 45.4 Å². The highest BCUT2D eigenvalue weighted by atomic mass is 19.1. The van der Waals surface area contributed by atoms with Gasteiger partial charge in [-0.15, -0.1) is 0 Å². The maximum absolute atomic E-state index is 14.8. The van der Waals surface area contributed by atoms with E-state index < -0.39 is 0 Å². The normalized spacial score (nSPS) is 13.5. The van der Waals surface area contributed by atoms with Gasteiger partial charge in [-0.1, -0.05) is 50.6 Å². The van der Waals surface area contributed by atoms with Gasteiger partial charge in [0, 0.05) is 29.9 Å². The molecule has 5 rings (SSSR count). The lowest BCUT2D eigenvalue weighted by molar-refractivity contribution is 0.433. The number of nitrogens with zero attached hydrogens (tertiary/aromatic N) is 5. The van der Waals surface area contributed by atoms with Crippen LogP contribution in [-0.4, -0.2) is 37.6 Å². The predicted octanol–water partition coefficient (Wildman–Crippen LogP) is 6.31. The zero-order chi connectivity index (χ0) is 24.2. The molecule has 0 saturated carbocycles. The molecule has 6 nitrogen and oxygen atoms in total. The van der Waals surface area contributed by atoms with Crippen molar-refractivity contribution in [3.05, 3.63) is 78.6 Å². The van der Waals surface area contributed by atoms with Crippen LogP contribution in [-0.2, 0) is 6.42 Å². The number of nitrogens with one attached hydrogen (secondary N) is 1. The summed E-state index contributed by atoms with van der Waals surface area (Å²) in [5.41, 5.74) is 4.73. The van der Waals surface area contributed by atoms with Crippen LogP contribution in [0.15, 0.2) is 67.3 Å². The third-order valence-electron chi connectivity index (χ3n) is 6.53. The monoisotopic (exact) mass is 470 g/mol. The molecule has 0 amide bonds. The molecule has 1 aliphatic heterocycles. The van der Waals surface area contributed by atoms with Crippen LogP contribution >= 0.6 is 0 Å². The molecule has 0 spiro atoms. The number of halogens is 1. The largest absolute Gasteiger partial charge is 0.359 e. The first-order chi connectivity index (χ1) is 17.1. The average Bonchev–Trinajstić information content (AvgIpc) is 3.56. The second kappa shape index (κ2) is 10.3. The molecule has 180 valence electrons. The Labute approximate surface area is 205 Å². The van der Waals surface area contributed by atoms with Crippen molar-refractivity contribution in [3.8, 4) is 22.5 Å². The first-order valence-corrected chi connectivity index (χ1v) is 12.4. The molecule has 0 aliphatic carbocycles. The summed E-state index contributed by atoms with van der Waals surface area (Å²) in [6.45, 7) is 8.34. The molecular formula is C28H31FN6. The van der Waals surface area contributed by atoms with Crippen LogP contribution in [0.4, 0.5) is 10.1 Å². The summed E-state index contributed by atoms with van der Waals surface area (Å²) in [5, 5.41) is 7.99.